The van der Waals surface area contributed by atoms with E-state index in [1.165, 1.54) is 36.5 Å². The second-order valence-corrected chi connectivity index (χ2v) is 5.35. The fraction of sp³-hybridized carbons (Fsp3) is 0.375. The van der Waals surface area contributed by atoms with Crippen molar-refractivity contribution in [3.05, 3.63) is 36.4 Å². The van der Waals surface area contributed by atoms with Gasteiger partial charge in [-0.1, -0.05) is 36.8 Å². The maximum Gasteiger partial charge on any atom is 0.150 e. The molecule has 2 unspecified atom stereocenters. The molecule has 0 bridgehead atoms. The fourth-order valence-electron chi connectivity index (χ4n) is 3.24. The normalized spacial score (nSPS) is 25.8. The van der Waals surface area contributed by atoms with Gasteiger partial charge in [0.2, 0.25) is 0 Å². The molecular formula is C16H17NO. The van der Waals surface area contributed by atoms with Crippen molar-refractivity contribution in [3.63, 3.8) is 0 Å². The zero-order chi connectivity index (χ0) is 11.9. The smallest absolute Gasteiger partial charge is 0.150 e. The molecule has 1 aliphatic carbocycles. The lowest BCUT2D eigenvalue weighted by molar-refractivity contribution is 0.133. The largest absolute Gasteiger partial charge is 0.485 e. The molecule has 2 aliphatic rings. The molecule has 1 fully saturated rings. The Morgan fingerprint density at radius 1 is 1.00 bits per heavy atom. The van der Waals surface area contributed by atoms with Gasteiger partial charge in [0.05, 0.1) is 11.7 Å². The third kappa shape index (κ3) is 1.48. The highest BCUT2D eigenvalue weighted by Crippen LogP contribution is 2.41. The Balaban J connectivity index is 1.85. The van der Waals surface area contributed by atoms with Gasteiger partial charge in [-0.25, -0.2) is 0 Å². The van der Waals surface area contributed by atoms with Gasteiger partial charge in [0, 0.05) is 5.39 Å². The van der Waals surface area contributed by atoms with Crippen molar-refractivity contribution < 1.29 is 4.74 Å². The molecule has 2 aromatic carbocycles. The Labute approximate surface area is 107 Å². The third-order valence-corrected chi connectivity index (χ3v) is 4.19. The molecule has 0 amide bonds. The van der Waals surface area contributed by atoms with Crippen LogP contribution in [0.25, 0.3) is 10.8 Å². The maximum atomic E-state index is 6.29. The minimum absolute atomic E-state index is 0.358. The number of rotatable bonds is 0. The Bertz CT molecular complexity index is 593. The van der Waals surface area contributed by atoms with E-state index in [2.05, 4.69) is 41.7 Å². The van der Waals surface area contributed by atoms with E-state index in [0.717, 1.165) is 11.4 Å². The van der Waals surface area contributed by atoms with Gasteiger partial charge in [-0.05, 0) is 30.7 Å². The van der Waals surface area contributed by atoms with Crippen LogP contribution in [-0.2, 0) is 0 Å². The van der Waals surface area contributed by atoms with Gasteiger partial charge in [-0.15, -0.1) is 0 Å². The van der Waals surface area contributed by atoms with E-state index in [1.807, 2.05) is 0 Å². The highest BCUT2D eigenvalue weighted by atomic mass is 16.5. The molecule has 1 aliphatic heterocycles. The molecule has 0 aromatic heterocycles. The topological polar surface area (TPSA) is 21.3 Å². The Morgan fingerprint density at radius 3 is 2.89 bits per heavy atom. The summed E-state index contributed by atoms with van der Waals surface area (Å²) in [6.45, 7) is 0. The quantitative estimate of drug-likeness (QED) is 0.751. The van der Waals surface area contributed by atoms with Crippen molar-refractivity contribution in [2.75, 3.05) is 5.32 Å². The zero-order valence-corrected chi connectivity index (χ0v) is 10.4. The van der Waals surface area contributed by atoms with Gasteiger partial charge in [-0.2, -0.15) is 0 Å². The summed E-state index contributed by atoms with van der Waals surface area (Å²) >= 11 is 0. The van der Waals surface area contributed by atoms with E-state index >= 15 is 0 Å². The van der Waals surface area contributed by atoms with Crippen LogP contribution in [-0.4, -0.2) is 12.1 Å². The lowest BCUT2D eigenvalue weighted by Crippen LogP contribution is -2.43. The summed E-state index contributed by atoms with van der Waals surface area (Å²) in [6.07, 6.45) is 5.39. The molecule has 2 heteroatoms. The zero-order valence-electron chi connectivity index (χ0n) is 10.4. The van der Waals surface area contributed by atoms with Crippen molar-refractivity contribution in [2.24, 2.45) is 0 Å². The second-order valence-electron chi connectivity index (χ2n) is 5.35. The van der Waals surface area contributed by atoms with E-state index in [4.69, 9.17) is 4.74 Å². The van der Waals surface area contributed by atoms with Crippen LogP contribution in [0.5, 0.6) is 5.75 Å². The van der Waals surface area contributed by atoms with E-state index in [1.54, 1.807) is 0 Å². The minimum Gasteiger partial charge on any atom is -0.485 e. The number of benzene rings is 2. The predicted molar refractivity (Wildman–Crippen MR) is 74.2 cm³/mol. The standard InChI is InChI=1S/C16H17NO/c1-2-6-12-11(5-1)9-10-14-16(12)18-15-8-4-3-7-13(15)17-14/h1-2,5-6,9-10,13,15,17H,3-4,7-8H2. The molecule has 92 valence electrons. The highest BCUT2D eigenvalue weighted by molar-refractivity contribution is 5.93. The molecule has 1 N–H and O–H groups in total. The van der Waals surface area contributed by atoms with Gasteiger partial charge in [-0.3, -0.25) is 0 Å². The lowest BCUT2D eigenvalue weighted by atomic mass is 9.90. The van der Waals surface area contributed by atoms with Gasteiger partial charge in [0.1, 0.15) is 6.10 Å². The van der Waals surface area contributed by atoms with Gasteiger partial charge in [0.25, 0.3) is 0 Å². The number of nitrogens with one attached hydrogen (secondary N) is 1. The fourth-order valence-corrected chi connectivity index (χ4v) is 3.24. The first-order valence-electron chi connectivity index (χ1n) is 6.87. The van der Waals surface area contributed by atoms with Gasteiger partial charge >= 0.3 is 0 Å². The molecule has 18 heavy (non-hydrogen) atoms. The molecular weight excluding hydrogens is 222 g/mol. The van der Waals surface area contributed by atoms with E-state index in [0.29, 0.717) is 12.1 Å². The van der Waals surface area contributed by atoms with Gasteiger partial charge in [0.15, 0.2) is 5.75 Å². The van der Waals surface area contributed by atoms with Crippen LogP contribution in [0.2, 0.25) is 0 Å². The van der Waals surface area contributed by atoms with E-state index in [-0.39, 0.29) is 0 Å². The second kappa shape index (κ2) is 3.91. The average Bonchev–Trinajstić information content (AvgIpc) is 2.45. The van der Waals surface area contributed by atoms with Crippen molar-refractivity contribution in [3.8, 4) is 5.75 Å². The van der Waals surface area contributed by atoms with Crippen LogP contribution >= 0.6 is 0 Å². The SMILES string of the molecule is c1ccc2c3c(ccc2c1)NC1CCCCC1O3. The molecule has 1 saturated carbocycles. The Kier molecular flexibility index (Phi) is 2.22. The summed E-state index contributed by atoms with van der Waals surface area (Å²) in [5.41, 5.74) is 1.16. The first-order chi connectivity index (χ1) is 8.92. The summed E-state index contributed by atoms with van der Waals surface area (Å²) in [5.74, 6) is 1.05. The minimum atomic E-state index is 0.358. The van der Waals surface area contributed by atoms with Crippen LogP contribution in [0.1, 0.15) is 25.7 Å². The number of fused-ring (bicyclic) bond motifs is 4. The van der Waals surface area contributed by atoms with Crippen LogP contribution in [0, 0.1) is 0 Å². The van der Waals surface area contributed by atoms with Crippen molar-refractivity contribution in [1.29, 1.82) is 0 Å². The summed E-state index contributed by atoms with van der Waals surface area (Å²) in [7, 11) is 0. The molecule has 2 nitrogen and oxygen atoms in total. The molecule has 4 rings (SSSR count). The Morgan fingerprint density at radius 2 is 1.89 bits per heavy atom. The van der Waals surface area contributed by atoms with E-state index in [9.17, 15) is 0 Å². The van der Waals surface area contributed by atoms with Crippen LogP contribution in [0.15, 0.2) is 36.4 Å². The van der Waals surface area contributed by atoms with Crippen LogP contribution in [0.3, 0.4) is 0 Å². The van der Waals surface area contributed by atoms with Crippen LogP contribution < -0.4 is 10.1 Å². The number of hydrogen-bond acceptors (Lipinski definition) is 2. The molecule has 0 spiro atoms. The number of anilines is 1. The number of hydrogen-bond donors (Lipinski definition) is 1. The third-order valence-electron chi connectivity index (χ3n) is 4.19. The first-order valence-corrected chi connectivity index (χ1v) is 6.87. The van der Waals surface area contributed by atoms with Crippen molar-refractivity contribution in [2.45, 2.75) is 37.8 Å². The molecule has 0 saturated heterocycles. The maximum absolute atomic E-state index is 6.29. The van der Waals surface area contributed by atoms with Gasteiger partial charge < -0.3 is 10.1 Å². The van der Waals surface area contributed by atoms with Crippen molar-refractivity contribution >= 4 is 16.5 Å². The Hall–Kier alpha value is -1.70. The average molecular weight is 239 g/mol. The summed E-state index contributed by atoms with van der Waals surface area (Å²) in [4.78, 5) is 0. The molecule has 0 radical (unpaired) electrons. The summed E-state index contributed by atoms with van der Waals surface area (Å²) in [6, 6.07) is 13.3. The first kappa shape index (κ1) is 10.2. The molecule has 2 aromatic rings. The van der Waals surface area contributed by atoms with Crippen molar-refractivity contribution in [1.82, 2.24) is 0 Å². The molecule has 2 atom stereocenters. The van der Waals surface area contributed by atoms with Crippen LogP contribution in [0.4, 0.5) is 5.69 Å². The highest BCUT2D eigenvalue weighted by Gasteiger charge is 2.32. The number of ether oxygens (including phenoxy) is 1. The predicted octanol–water partition coefficient (Wildman–Crippen LogP) is 3.96. The van der Waals surface area contributed by atoms with E-state index < -0.39 is 0 Å². The summed E-state index contributed by atoms with van der Waals surface area (Å²) < 4.78 is 6.29. The summed E-state index contributed by atoms with van der Waals surface area (Å²) in [5, 5.41) is 6.15. The lowest BCUT2D eigenvalue weighted by Gasteiger charge is -2.38. The monoisotopic (exact) mass is 239 g/mol. The molecule has 1 heterocycles.